The van der Waals surface area contributed by atoms with E-state index in [0.29, 0.717) is 17.3 Å². The summed E-state index contributed by atoms with van der Waals surface area (Å²) in [5.41, 5.74) is 0.594. The summed E-state index contributed by atoms with van der Waals surface area (Å²) in [6.07, 6.45) is 2.33. The van der Waals surface area contributed by atoms with Gasteiger partial charge in [0.2, 0.25) is 5.88 Å². The van der Waals surface area contributed by atoms with Crippen LogP contribution in [-0.2, 0) is 0 Å². The molecule has 1 aliphatic rings. The largest absolute Gasteiger partial charge is 0.493 e. The molecule has 1 unspecified atom stereocenters. The molecule has 104 valence electrons. The summed E-state index contributed by atoms with van der Waals surface area (Å²) in [6.45, 7) is 2.04. The molecule has 1 aliphatic carbocycles. The number of aromatic hydroxyl groups is 1. The second kappa shape index (κ2) is 5.05. The Hall–Kier alpha value is -1.62. The smallest absolute Gasteiger partial charge is 0.262 e. The van der Waals surface area contributed by atoms with Gasteiger partial charge in [0.1, 0.15) is 11.4 Å². The van der Waals surface area contributed by atoms with Crippen LogP contribution in [0.15, 0.2) is 33.5 Å². The fraction of sp³-hybridized carbons (Fsp3) is 0.333. The molecule has 20 heavy (non-hydrogen) atoms. The van der Waals surface area contributed by atoms with E-state index in [4.69, 9.17) is 0 Å². The Bertz CT molecular complexity index is 690. The fourth-order valence-corrected chi connectivity index (χ4v) is 2.65. The molecule has 0 aliphatic heterocycles. The van der Waals surface area contributed by atoms with Gasteiger partial charge in [0, 0.05) is 10.4 Å². The van der Waals surface area contributed by atoms with Crippen molar-refractivity contribution >= 4 is 15.9 Å². The predicted octanol–water partition coefficient (Wildman–Crippen LogP) is 3.42. The lowest BCUT2D eigenvalue weighted by Gasteiger charge is -2.11. The molecular formula is C15H15BrN2O2. The molecule has 1 aromatic heterocycles. The Morgan fingerprint density at radius 1 is 1.35 bits per heavy atom. The number of aromatic nitrogens is 2. The lowest BCUT2D eigenvalue weighted by molar-refractivity contribution is 0.445. The van der Waals surface area contributed by atoms with E-state index < -0.39 is 0 Å². The Morgan fingerprint density at radius 2 is 2.00 bits per heavy atom. The summed E-state index contributed by atoms with van der Waals surface area (Å²) in [6, 6.07) is 7.21. The van der Waals surface area contributed by atoms with E-state index >= 15 is 0 Å². The molecule has 4 nitrogen and oxygen atoms in total. The normalized spacial score (nSPS) is 16.1. The number of nitrogens with zero attached hydrogens (tertiary/aromatic N) is 1. The average molecular weight is 335 g/mol. The van der Waals surface area contributed by atoms with Crippen LogP contribution in [0.5, 0.6) is 5.88 Å². The van der Waals surface area contributed by atoms with Crippen LogP contribution in [0.3, 0.4) is 0 Å². The highest BCUT2D eigenvalue weighted by molar-refractivity contribution is 9.10. The van der Waals surface area contributed by atoms with Gasteiger partial charge in [0.05, 0.1) is 0 Å². The number of hydrogen-bond donors (Lipinski definition) is 2. The SMILES string of the molecule is CC(c1nc(O)c(-c2ccc(Br)cc2)c(=O)[nH]1)C1CC1. The molecule has 5 heteroatoms. The summed E-state index contributed by atoms with van der Waals surface area (Å²) in [7, 11) is 0. The van der Waals surface area contributed by atoms with Crippen LogP contribution >= 0.6 is 15.9 Å². The minimum Gasteiger partial charge on any atom is -0.493 e. The lowest BCUT2D eigenvalue weighted by Crippen LogP contribution is -2.16. The van der Waals surface area contributed by atoms with E-state index in [1.54, 1.807) is 12.1 Å². The molecule has 0 spiro atoms. The first kappa shape index (κ1) is 13.4. The third-order valence-electron chi connectivity index (χ3n) is 3.81. The van der Waals surface area contributed by atoms with Crippen LogP contribution in [0.4, 0.5) is 0 Å². The number of H-pyrrole nitrogens is 1. The Labute approximate surface area is 125 Å². The van der Waals surface area contributed by atoms with Crippen molar-refractivity contribution in [3.05, 3.63) is 44.9 Å². The van der Waals surface area contributed by atoms with Gasteiger partial charge in [-0.15, -0.1) is 0 Å². The Balaban J connectivity index is 2.04. The highest BCUT2D eigenvalue weighted by Crippen LogP contribution is 2.41. The Kier molecular flexibility index (Phi) is 3.38. The van der Waals surface area contributed by atoms with E-state index in [2.05, 4.69) is 25.9 Å². The zero-order valence-corrected chi connectivity index (χ0v) is 12.6. The van der Waals surface area contributed by atoms with E-state index in [1.807, 2.05) is 19.1 Å². The van der Waals surface area contributed by atoms with Crippen LogP contribution in [0.2, 0.25) is 0 Å². The number of benzene rings is 1. The maximum absolute atomic E-state index is 12.2. The highest BCUT2D eigenvalue weighted by atomic mass is 79.9. The summed E-state index contributed by atoms with van der Waals surface area (Å²) >= 11 is 3.34. The second-order valence-electron chi connectivity index (χ2n) is 5.28. The molecule has 3 rings (SSSR count). The van der Waals surface area contributed by atoms with Gasteiger partial charge in [-0.3, -0.25) is 4.79 Å². The molecule has 1 aromatic carbocycles. The third kappa shape index (κ3) is 2.50. The van der Waals surface area contributed by atoms with E-state index in [0.717, 1.165) is 4.47 Å². The molecule has 1 heterocycles. The minimum atomic E-state index is -0.290. The summed E-state index contributed by atoms with van der Waals surface area (Å²) in [4.78, 5) is 19.2. The topological polar surface area (TPSA) is 66.0 Å². The molecule has 0 bridgehead atoms. The van der Waals surface area contributed by atoms with Crippen molar-refractivity contribution in [2.45, 2.75) is 25.7 Å². The number of aromatic amines is 1. The lowest BCUT2D eigenvalue weighted by atomic mass is 10.0. The van der Waals surface area contributed by atoms with Crippen molar-refractivity contribution in [1.29, 1.82) is 0 Å². The summed E-state index contributed by atoms with van der Waals surface area (Å²) in [5, 5.41) is 10.1. The quantitative estimate of drug-likeness (QED) is 0.903. The van der Waals surface area contributed by atoms with Crippen molar-refractivity contribution in [3.63, 3.8) is 0 Å². The fourth-order valence-electron chi connectivity index (χ4n) is 2.39. The summed E-state index contributed by atoms with van der Waals surface area (Å²) in [5.74, 6) is 1.15. The van der Waals surface area contributed by atoms with Crippen LogP contribution in [0, 0.1) is 5.92 Å². The van der Waals surface area contributed by atoms with Crippen molar-refractivity contribution < 1.29 is 5.11 Å². The maximum Gasteiger partial charge on any atom is 0.262 e. The number of halogens is 1. The van der Waals surface area contributed by atoms with Gasteiger partial charge < -0.3 is 10.1 Å². The van der Waals surface area contributed by atoms with Crippen molar-refractivity contribution in [3.8, 4) is 17.0 Å². The minimum absolute atomic E-state index is 0.188. The molecule has 0 amide bonds. The average Bonchev–Trinajstić information content (AvgIpc) is 3.23. The van der Waals surface area contributed by atoms with Crippen molar-refractivity contribution in [2.24, 2.45) is 5.92 Å². The molecule has 2 N–H and O–H groups in total. The molecule has 0 radical (unpaired) electrons. The van der Waals surface area contributed by atoms with E-state index in [9.17, 15) is 9.90 Å². The number of nitrogens with one attached hydrogen (secondary N) is 1. The molecule has 1 saturated carbocycles. The molecular weight excluding hydrogens is 320 g/mol. The van der Waals surface area contributed by atoms with Gasteiger partial charge in [-0.1, -0.05) is 35.0 Å². The van der Waals surface area contributed by atoms with Gasteiger partial charge >= 0.3 is 0 Å². The predicted molar refractivity (Wildman–Crippen MR) is 80.8 cm³/mol. The van der Waals surface area contributed by atoms with Crippen LogP contribution < -0.4 is 5.56 Å². The first-order chi connectivity index (χ1) is 9.56. The van der Waals surface area contributed by atoms with E-state index in [-0.39, 0.29) is 22.9 Å². The van der Waals surface area contributed by atoms with Crippen molar-refractivity contribution in [1.82, 2.24) is 9.97 Å². The standard InChI is InChI=1S/C15H15BrN2O2/c1-8(9-2-3-9)13-17-14(19)12(15(20)18-13)10-4-6-11(16)7-5-10/h4-9H,2-3H2,1H3,(H2,17,18,19,20). The van der Waals surface area contributed by atoms with Gasteiger partial charge in [-0.2, -0.15) is 4.98 Å². The van der Waals surface area contributed by atoms with Gasteiger partial charge in [0.25, 0.3) is 5.56 Å². The maximum atomic E-state index is 12.2. The van der Waals surface area contributed by atoms with Gasteiger partial charge in [-0.25, -0.2) is 0 Å². The van der Waals surface area contributed by atoms with Gasteiger partial charge in [-0.05, 0) is 36.5 Å². The molecule has 2 aromatic rings. The second-order valence-corrected chi connectivity index (χ2v) is 6.20. The van der Waals surface area contributed by atoms with Crippen molar-refractivity contribution in [2.75, 3.05) is 0 Å². The zero-order chi connectivity index (χ0) is 14.3. The first-order valence-electron chi connectivity index (χ1n) is 6.65. The Morgan fingerprint density at radius 3 is 2.55 bits per heavy atom. The first-order valence-corrected chi connectivity index (χ1v) is 7.44. The molecule has 1 atom stereocenters. The van der Waals surface area contributed by atoms with E-state index in [1.165, 1.54) is 12.8 Å². The number of rotatable bonds is 3. The number of hydrogen-bond acceptors (Lipinski definition) is 3. The zero-order valence-electron chi connectivity index (χ0n) is 11.1. The highest BCUT2D eigenvalue weighted by Gasteiger charge is 2.31. The third-order valence-corrected chi connectivity index (χ3v) is 4.34. The van der Waals surface area contributed by atoms with Crippen LogP contribution in [0.25, 0.3) is 11.1 Å². The molecule has 1 fully saturated rings. The van der Waals surface area contributed by atoms with Crippen LogP contribution in [-0.4, -0.2) is 15.1 Å². The van der Waals surface area contributed by atoms with Crippen LogP contribution in [0.1, 0.15) is 31.5 Å². The summed E-state index contributed by atoms with van der Waals surface area (Å²) < 4.78 is 0.920. The van der Waals surface area contributed by atoms with Gasteiger partial charge in [0.15, 0.2) is 0 Å². The molecule has 0 saturated heterocycles. The monoisotopic (exact) mass is 334 g/mol.